The molecule has 0 spiro atoms. The number of aromatic nitrogens is 9. The molecule has 3 aromatic heterocycles. The van der Waals surface area contributed by atoms with Crippen LogP contribution in [0.2, 0.25) is 0 Å². The van der Waals surface area contributed by atoms with Gasteiger partial charge >= 0.3 is 0 Å². The zero-order chi connectivity index (χ0) is 71.1. The number of benzene rings is 7. The molecular weight excluding hydrogens is 1350 g/mol. The van der Waals surface area contributed by atoms with Crippen LogP contribution in [-0.4, -0.2) is 99.9 Å². The number of nitrogens with zero attached hydrogens (tertiary/aromatic N) is 9. The van der Waals surface area contributed by atoms with Crippen LogP contribution >= 0.6 is 0 Å². The lowest BCUT2D eigenvalue weighted by Crippen LogP contribution is -2.23. The van der Waals surface area contributed by atoms with Crippen LogP contribution in [0.1, 0.15) is 102 Å². The van der Waals surface area contributed by atoms with Gasteiger partial charge in [-0.25, -0.2) is 13.6 Å². The molecule has 0 atom stereocenters. The normalized spacial score (nSPS) is 14.1. The summed E-state index contributed by atoms with van der Waals surface area (Å²) in [6.45, 7) is 0.373. The summed E-state index contributed by atoms with van der Waals surface area (Å²) >= 11 is 0. The van der Waals surface area contributed by atoms with Gasteiger partial charge in [0.1, 0.15) is 75.2 Å². The molecule has 29 heteroatoms. The van der Waals surface area contributed by atoms with Gasteiger partial charge < -0.3 is 76.6 Å². The summed E-state index contributed by atoms with van der Waals surface area (Å²) in [5.74, 6) is 2.26. The maximum Gasteiger partial charge on any atom is 0.238 e. The number of carbonyl (C=O) groups is 2. The van der Waals surface area contributed by atoms with Crippen LogP contribution in [0, 0.1) is 0 Å². The predicted molar refractivity (Wildman–Crippen MR) is 361 cm³/mol. The molecule has 0 saturated heterocycles. The molecule has 10 aromatic rings. The fourth-order valence-corrected chi connectivity index (χ4v) is 13.2. The molecule has 7 aromatic carbocycles. The number of hydrogen-bond acceptors (Lipinski definition) is 24. The zero-order valence-corrected chi connectivity index (χ0v) is 57.0. The summed E-state index contributed by atoms with van der Waals surface area (Å²) < 4.78 is 106. The molecule has 103 heavy (non-hydrogen) atoms. The van der Waals surface area contributed by atoms with Crippen molar-refractivity contribution in [1.29, 1.82) is 0 Å². The van der Waals surface area contributed by atoms with Crippen molar-refractivity contribution < 1.29 is 85.1 Å². The first kappa shape index (κ1) is 68.0. The Morgan fingerprint density at radius 3 is 1.06 bits per heavy atom. The summed E-state index contributed by atoms with van der Waals surface area (Å²) in [7, 11) is 0.911. The molecule has 2 N–H and O–H groups in total. The highest BCUT2D eigenvalue weighted by molar-refractivity contribution is 7.89. The fraction of sp³-hybridized carbons (Fsp3) is 0.270. The molecule has 18 bridgehead atoms. The first-order chi connectivity index (χ1) is 50.0. The van der Waals surface area contributed by atoms with Crippen LogP contribution in [-0.2, 0) is 104 Å². The molecule has 12 aliphatic heterocycles. The van der Waals surface area contributed by atoms with Gasteiger partial charge in [0.15, 0.2) is 69.0 Å². The van der Waals surface area contributed by atoms with Crippen LogP contribution in [0.15, 0.2) is 146 Å². The van der Waals surface area contributed by atoms with Crippen molar-refractivity contribution in [2.24, 2.45) is 5.14 Å². The number of carbonyl (C=O) groups excluding carboxylic acids is 2. The number of carboxylic acid groups (broad SMARTS) is 2. The van der Waals surface area contributed by atoms with Gasteiger partial charge in [-0.05, 0) is 202 Å². The lowest BCUT2D eigenvalue weighted by atomic mass is 9.94. The molecule has 0 saturated carbocycles. The average Bonchev–Trinajstić information content (AvgIpc) is 1.71. The summed E-state index contributed by atoms with van der Waals surface area (Å²) in [6.07, 6.45) is 12.9. The molecule has 530 valence electrons. The van der Waals surface area contributed by atoms with E-state index in [1.165, 1.54) is 46.5 Å². The molecule has 28 nitrogen and oxygen atoms in total. The number of aliphatic carboxylic acids is 2. The van der Waals surface area contributed by atoms with Crippen LogP contribution in [0.4, 0.5) is 0 Å². The Balaban J connectivity index is 0.930. The Hall–Kier alpha value is -12.1. The van der Waals surface area contributed by atoms with Gasteiger partial charge in [0, 0.05) is 44.4 Å². The third kappa shape index (κ3) is 16.1. The lowest BCUT2D eigenvalue weighted by molar-refractivity contribution is -0.307. The van der Waals surface area contributed by atoms with Gasteiger partial charge in [-0.15, -0.1) is 15.3 Å². The SMILES string of the molecule is COc1cc2c3cc1O/C=C\Oc1cc4c(cc1OCc1cn(CCc5ccc(S(N)(=O)=O)cc5)nn1)Cc1cc5c(OCc6cn(CCC(=O)[O-])nn6)cc1Cc1cc(c(OCc6cn(CCC(=O)[O-])nn6)cc1C4)O/C=C/Oc1cc(c(cc1OC)Cc1cc(c(OC)cc1C3)OCCO5)C2. The van der Waals surface area contributed by atoms with Gasteiger partial charge in [-0.1, -0.05) is 27.8 Å². The van der Waals surface area contributed by atoms with E-state index in [1.54, 1.807) is 56.7 Å². The summed E-state index contributed by atoms with van der Waals surface area (Å²) in [5.41, 5.74) is 12.7. The minimum atomic E-state index is -3.86. The van der Waals surface area contributed by atoms with E-state index in [1.807, 2.05) is 72.8 Å². The Bertz CT molecular complexity index is 5050. The van der Waals surface area contributed by atoms with Crippen LogP contribution in [0.3, 0.4) is 0 Å². The van der Waals surface area contributed by atoms with E-state index in [0.29, 0.717) is 131 Å². The number of nitrogens with two attached hydrogens (primary N) is 1. The molecule has 0 fully saturated rings. The maximum absolute atomic E-state index is 11.9. The Morgan fingerprint density at radius 2 is 0.718 bits per heavy atom. The smallest absolute Gasteiger partial charge is 0.238 e. The van der Waals surface area contributed by atoms with Crippen LogP contribution in [0.5, 0.6) is 69.0 Å². The monoisotopic (exact) mass is 1420 g/mol. The minimum Gasteiger partial charge on any atom is -0.550 e. The van der Waals surface area contributed by atoms with Gasteiger partial charge in [0.25, 0.3) is 0 Å². The number of sulfonamides is 1. The van der Waals surface area contributed by atoms with E-state index >= 15 is 0 Å². The number of primary sulfonamides is 1. The van der Waals surface area contributed by atoms with E-state index in [2.05, 4.69) is 30.9 Å². The Labute approximate surface area is 590 Å². The van der Waals surface area contributed by atoms with Gasteiger partial charge in [0.05, 0.1) is 44.8 Å². The number of hydrogen-bond donors (Lipinski definition) is 1. The predicted octanol–water partition coefficient (Wildman–Crippen LogP) is 6.51. The van der Waals surface area contributed by atoms with E-state index in [9.17, 15) is 28.2 Å². The standard InChI is InChI=1S/C74H70N10O18S/c1-91-61-26-45-21-49-30-66-63(93-3)28-47(49)22-50-31-65-62(92-2)27-46(50)20-48(45)29-64(61)94-14-17-97-67-32-51-24-55-36-71(101-42-58-39-83(80-77-58)12-9-73(85)86)69(99-19-16-96-66)34-53(55)25-56-37-72(102-43-59-40-84(81-78-59)13-10-74(87)88)68(98-18-15-95-65)33-52(56)23-54(51)35-70(67)100-41-57-38-82(79-76-57)11-8-44-4-6-60(7-5-44)103(75,89)90/h4-7,14,16-17,19,26-40H,8-13,15,18,20-25,41-43H2,1-3H3,(H,85,86)(H,87,88)(H2,75,89,90)/p-2/b17-14-,19-16+. The molecular formula is C74H68N10O18S-2. The molecule has 0 amide bonds. The third-order valence-electron chi connectivity index (χ3n) is 17.9. The van der Waals surface area contributed by atoms with Gasteiger partial charge in [-0.3, -0.25) is 14.0 Å². The minimum absolute atomic E-state index is 0.0149. The second-order valence-corrected chi connectivity index (χ2v) is 26.3. The number of methoxy groups -OCH3 is 3. The number of ether oxygens (including phenoxy) is 12. The summed E-state index contributed by atoms with van der Waals surface area (Å²) in [4.78, 5) is 22.8. The van der Waals surface area contributed by atoms with Crippen molar-refractivity contribution in [3.63, 3.8) is 0 Å². The molecule has 0 radical (unpaired) electrons. The first-order valence-corrected chi connectivity index (χ1v) is 34.4. The highest BCUT2D eigenvalue weighted by Gasteiger charge is 2.27. The Morgan fingerprint density at radius 1 is 0.427 bits per heavy atom. The largest absolute Gasteiger partial charge is 0.550 e. The third-order valence-corrected chi connectivity index (χ3v) is 18.8. The van der Waals surface area contributed by atoms with Crippen molar-refractivity contribution in [1.82, 2.24) is 45.0 Å². The van der Waals surface area contributed by atoms with Crippen molar-refractivity contribution in [2.45, 2.75) is 102 Å². The molecule has 24 rings (SSSR count). The van der Waals surface area contributed by atoms with Crippen molar-refractivity contribution in [3.8, 4) is 69.0 Å². The van der Waals surface area contributed by atoms with E-state index < -0.39 is 22.0 Å². The highest BCUT2D eigenvalue weighted by Crippen LogP contribution is 2.45. The quantitative estimate of drug-likeness (QED) is 0.0755. The highest BCUT2D eigenvalue weighted by atomic mass is 32.2. The van der Waals surface area contributed by atoms with Gasteiger partial charge in [-0.2, -0.15) is 0 Å². The van der Waals surface area contributed by atoms with Crippen molar-refractivity contribution in [2.75, 3.05) is 34.5 Å². The van der Waals surface area contributed by atoms with Crippen LogP contribution in [0.25, 0.3) is 0 Å². The van der Waals surface area contributed by atoms with E-state index in [4.69, 9.17) is 62.0 Å². The molecule has 0 unspecified atom stereocenters. The van der Waals surface area contributed by atoms with Crippen molar-refractivity contribution >= 4 is 22.0 Å². The maximum atomic E-state index is 11.9. The molecule has 14 aliphatic rings. The lowest BCUT2D eigenvalue weighted by Gasteiger charge is -2.20. The van der Waals surface area contributed by atoms with Gasteiger partial charge in [0.2, 0.25) is 10.0 Å². The molecule has 2 aliphatic carbocycles. The second kappa shape index (κ2) is 30.0. The number of rotatable bonds is 22. The summed E-state index contributed by atoms with van der Waals surface area (Å²) in [6, 6.07) is 29.8. The average molecular weight is 1420 g/mol. The summed E-state index contributed by atoms with van der Waals surface area (Å²) in [5, 5.41) is 53.8. The van der Waals surface area contributed by atoms with E-state index in [-0.39, 0.29) is 70.3 Å². The number of aryl methyl sites for hydroxylation is 4. The second-order valence-electron chi connectivity index (χ2n) is 24.8. The number of carboxylic acids is 2. The van der Waals surface area contributed by atoms with Crippen molar-refractivity contribution in [3.05, 3.63) is 230 Å². The topological polar surface area (TPSA) is 343 Å². The first-order valence-electron chi connectivity index (χ1n) is 32.9. The Kier molecular flexibility index (Phi) is 19.8. The molecule has 15 heterocycles. The van der Waals surface area contributed by atoms with E-state index in [0.717, 1.165) is 72.3 Å². The zero-order valence-electron chi connectivity index (χ0n) is 56.2. The van der Waals surface area contributed by atoms with Crippen LogP contribution < -0.4 is 72.2 Å². The fourth-order valence-electron chi connectivity index (χ4n) is 12.7.